The first-order valence-corrected chi connectivity index (χ1v) is 8.21. The van der Waals surface area contributed by atoms with Crippen molar-refractivity contribution in [3.63, 3.8) is 0 Å². The third-order valence-corrected chi connectivity index (χ3v) is 5.05. The normalized spacial score (nSPS) is 24.1. The lowest BCUT2D eigenvalue weighted by Crippen LogP contribution is -2.46. The summed E-state index contributed by atoms with van der Waals surface area (Å²) in [4.78, 5) is 17.1. The Labute approximate surface area is 132 Å². The van der Waals surface area contributed by atoms with Gasteiger partial charge in [0.1, 0.15) is 11.5 Å². The van der Waals surface area contributed by atoms with Crippen LogP contribution in [0.25, 0.3) is 0 Å². The number of carbonyl (C=O) groups is 1. The van der Waals surface area contributed by atoms with E-state index in [0.29, 0.717) is 12.1 Å². The van der Waals surface area contributed by atoms with Gasteiger partial charge in [0, 0.05) is 39.3 Å². The summed E-state index contributed by atoms with van der Waals surface area (Å²) >= 11 is 0. The zero-order valence-electron chi connectivity index (χ0n) is 13.8. The number of likely N-dealkylation sites (tertiary alicyclic amines) is 2. The minimum atomic E-state index is 0.115. The lowest BCUT2D eigenvalue weighted by Gasteiger charge is -2.36. The molecule has 3 rings (SSSR count). The molecule has 0 bridgehead atoms. The van der Waals surface area contributed by atoms with E-state index in [1.54, 1.807) is 7.11 Å². The molecule has 0 unspecified atom stereocenters. The number of methoxy groups -OCH3 is 1. The first-order valence-electron chi connectivity index (χ1n) is 8.21. The summed E-state index contributed by atoms with van der Waals surface area (Å²) in [5.41, 5.74) is 0.719. The Morgan fingerprint density at radius 2 is 1.95 bits per heavy atom. The summed E-state index contributed by atoms with van der Waals surface area (Å²) in [6.07, 6.45) is 3.62. The molecule has 0 saturated carbocycles. The molecule has 5 heteroatoms. The molecule has 0 N–H and O–H groups in total. The molecule has 1 atom stereocenters. The Morgan fingerprint density at radius 1 is 1.23 bits per heavy atom. The fraction of sp³-hybridized carbons (Fsp3) is 0.706. The Kier molecular flexibility index (Phi) is 4.54. The molecule has 2 fully saturated rings. The van der Waals surface area contributed by atoms with E-state index in [0.717, 1.165) is 62.5 Å². The van der Waals surface area contributed by atoms with Crippen molar-refractivity contribution in [3.05, 3.63) is 23.2 Å². The monoisotopic (exact) mass is 306 g/mol. The molecule has 5 nitrogen and oxygen atoms in total. The molecule has 2 saturated heterocycles. The SMILES string of the molecule is CO[C@@H]1CCN(C2CCN(C(=O)c3cc(C)oc3C)CC2)C1. The van der Waals surface area contributed by atoms with Crippen LogP contribution in [0, 0.1) is 13.8 Å². The van der Waals surface area contributed by atoms with E-state index in [-0.39, 0.29) is 5.91 Å². The van der Waals surface area contributed by atoms with Crippen molar-refractivity contribution in [1.29, 1.82) is 0 Å². The van der Waals surface area contributed by atoms with Crippen LogP contribution in [-0.4, -0.2) is 61.1 Å². The molecular weight excluding hydrogens is 280 g/mol. The molecule has 0 spiro atoms. The quantitative estimate of drug-likeness (QED) is 0.859. The largest absolute Gasteiger partial charge is 0.466 e. The van der Waals surface area contributed by atoms with Crippen LogP contribution in [0.3, 0.4) is 0 Å². The zero-order chi connectivity index (χ0) is 15.7. The number of nitrogens with zero attached hydrogens (tertiary/aromatic N) is 2. The smallest absolute Gasteiger partial charge is 0.257 e. The molecular formula is C17H26N2O3. The lowest BCUT2D eigenvalue weighted by molar-refractivity contribution is 0.0601. The summed E-state index contributed by atoms with van der Waals surface area (Å²) < 4.78 is 10.9. The Hall–Kier alpha value is -1.33. The minimum Gasteiger partial charge on any atom is -0.466 e. The van der Waals surface area contributed by atoms with Crippen molar-refractivity contribution in [2.24, 2.45) is 0 Å². The van der Waals surface area contributed by atoms with Crippen LogP contribution in [0.15, 0.2) is 10.5 Å². The highest BCUT2D eigenvalue weighted by Crippen LogP contribution is 2.24. The van der Waals surface area contributed by atoms with Crippen molar-refractivity contribution in [3.8, 4) is 0 Å². The Bertz CT molecular complexity index is 532. The lowest BCUT2D eigenvalue weighted by atomic mass is 10.0. The molecule has 0 aliphatic carbocycles. The topological polar surface area (TPSA) is 45.9 Å². The molecule has 0 radical (unpaired) electrons. The maximum atomic E-state index is 12.6. The molecule has 1 aromatic rings. The second-order valence-electron chi connectivity index (χ2n) is 6.49. The van der Waals surface area contributed by atoms with Crippen LogP contribution < -0.4 is 0 Å². The van der Waals surface area contributed by atoms with Crippen molar-refractivity contribution < 1.29 is 13.9 Å². The number of ether oxygens (including phenoxy) is 1. The average molecular weight is 306 g/mol. The van der Waals surface area contributed by atoms with Crippen LogP contribution in [-0.2, 0) is 4.74 Å². The number of aryl methyl sites for hydroxylation is 2. The molecule has 1 amide bonds. The van der Waals surface area contributed by atoms with Crippen LogP contribution in [0.5, 0.6) is 0 Å². The van der Waals surface area contributed by atoms with Crippen molar-refractivity contribution in [2.75, 3.05) is 33.3 Å². The first-order chi connectivity index (χ1) is 10.6. The van der Waals surface area contributed by atoms with Crippen LogP contribution >= 0.6 is 0 Å². The van der Waals surface area contributed by atoms with E-state index in [1.165, 1.54) is 0 Å². The molecule has 0 aromatic carbocycles. The van der Waals surface area contributed by atoms with Crippen LogP contribution in [0.2, 0.25) is 0 Å². The number of carbonyl (C=O) groups excluding carboxylic acids is 1. The molecule has 2 aliphatic heterocycles. The zero-order valence-corrected chi connectivity index (χ0v) is 13.8. The van der Waals surface area contributed by atoms with Crippen molar-refractivity contribution >= 4 is 5.91 Å². The van der Waals surface area contributed by atoms with Gasteiger partial charge in [-0.1, -0.05) is 0 Å². The van der Waals surface area contributed by atoms with Gasteiger partial charge >= 0.3 is 0 Å². The number of hydrogen-bond donors (Lipinski definition) is 0. The highest BCUT2D eigenvalue weighted by molar-refractivity contribution is 5.95. The summed E-state index contributed by atoms with van der Waals surface area (Å²) in [6, 6.07) is 2.45. The van der Waals surface area contributed by atoms with Gasteiger partial charge in [0.05, 0.1) is 11.7 Å². The number of piperidine rings is 1. The second-order valence-corrected chi connectivity index (χ2v) is 6.49. The maximum absolute atomic E-state index is 12.6. The van der Waals surface area contributed by atoms with Gasteiger partial charge in [-0.15, -0.1) is 0 Å². The highest BCUT2D eigenvalue weighted by atomic mass is 16.5. The Balaban J connectivity index is 1.55. The highest BCUT2D eigenvalue weighted by Gasteiger charge is 2.32. The number of amides is 1. The Morgan fingerprint density at radius 3 is 2.50 bits per heavy atom. The van der Waals surface area contributed by atoms with Gasteiger partial charge in [-0.25, -0.2) is 0 Å². The molecule has 22 heavy (non-hydrogen) atoms. The fourth-order valence-electron chi connectivity index (χ4n) is 3.73. The number of furan rings is 1. The molecule has 122 valence electrons. The van der Waals surface area contributed by atoms with E-state index in [2.05, 4.69) is 4.90 Å². The summed E-state index contributed by atoms with van der Waals surface area (Å²) in [6.45, 7) is 7.58. The van der Waals surface area contributed by atoms with Crippen molar-refractivity contribution in [2.45, 2.75) is 45.3 Å². The van der Waals surface area contributed by atoms with Gasteiger partial charge in [0.25, 0.3) is 5.91 Å². The maximum Gasteiger partial charge on any atom is 0.257 e. The van der Waals surface area contributed by atoms with Crippen LogP contribution in [0.1, 0.15) is 41.1 Å². The summed E-state index contributed by atoms with van der Waals surface area (Å²) in [5.74, 6) is 1.65. The first kappa shape index (κ1) is 15.6. The summed E-state index contributed by atoms with van der Waals surface area (Å²) in [7, 11) is 1.80. The van der Waals surface area contributed by atoms with E-state index in [4.69, 9.17) is 9.15 Å². The van der Waals surface area contributed by atoms with E-state index in [9.17, 15) is 4.79 Å². The number of hydrogen-bond acceptors (Lipinski definition) is 4. The second kappa shape index (κ2) is 6.42. The average Bonchev–Trinajstić information content (AvgIpc) is 3.13. The third kappa shape index (κ3) is 3.06. The standard InChI is InChI=1S/C17H26N2O3/c1-12-10-16(13(2)22-12)17(20)18-7-4-14(5-8-18)19-9-6-15(11-19)21-3/h10,14-15H,4-9,11H2,1-3H3/t15-/m1/s1. The third-order valence-electron chi connectivity index (χ3n) is 5.05. The van der Waals surface area contributed by atoms with Gasteiger partial charge in [-0.2, -0.15) is 0 Å². The van der Waals surface area contributed by atoms with Gasteiger partial charge in [-0.05, 0) is 39.2 Å². The molecule has 3 heterocycles. The molecule has 2 aliphatic rings. The predicted octanol–water partition coefficient (Wildman–Crippen LogP) is 2.22. The van der Waals surface area contributed by atoms with E-state index >= 15 is 0 Å². The van der Waals surface area contributed by atoms with Gasteiger partial charge in [0.2, 0.25) is 0 Å². The van der Waals surface area contributed by atoms with E-state index in [1.807, 2.05) is 24.8 Å². The molecule has 1 aromatic heterocycles. The van der Waals surface area contributed by atoms with Crippen molar-refractivity contribution in [1.82, 2.24) is 9.80 Å². The van der Waals surface area contributed by atoms with Gasteiger partial charge < -0.3 is 14.1 Å². The van der Waals surface area contributed by atoms with Gasteiger partial charge in [-0.3, -0.25) is 9.69 Å². The van der Waals surface area contributed by atoms with Crippen LogP contribution in [0.4, 0.5) is 0 Å². The fourth-order valence-corrected chi connectivity index (χ4v) is 3.73. The minimum absolute atomic E-state index is 0.115. The number of rotatable bonds is 3. The summed E-state index contributed by atoms with van der Waals surface area (Å²) in [5, 5.41) is 0. The van der Waals surface area contributed by atoms with E-state index < -0.39 is 0 Å². The van der Waals surface area contributed by atoms with Gasteiger partial charge in [0.15, 0.2) is 0 Å². The predicted molar refractivity (Wildman–Crippen MR) is 84.1 cm³/mol.